The second-order valence-electron chi connectivity index (χ2n) is 2.13. The third-order valence-electron chi connectivity index (χ3n) is 1.01. The molecule has 5 nitrogen and oxygen atoms in total. The Labute approximate surface area is 108 Å². The number of halogens is 2. The fourth-order valence-electron chi connectivity index (χ4n) is 0.441. The number of hydrogen-bond donors (Lipinski definition) is 0. The Bertz CT molecular complexity index is 206. The molecule has 7 heteroatoms. The van der Waals surface area contributed by atoms with E-state index in [4.69, 9.17) is 0 Å². The average Bonchev–Trinajstić information content (AvgIpc) is 2.22. The molecular weight excluding hydrogens is 418 g/mol. The smallest absolute Gasteiger partial charge is 0.316 e. The van der Waals surface area contributed by atoms with Gasteiger partial charge >= 0.3 is 11.9 Å². The van der Waals surface area contributed by atoms with Gasteiger partial charge in [0, 0.05) is 0 Å². The van der Waals surface area contributed by atoms with Crippen molar-refractivity contribution in [1.29, 1.82) is 0 Å². The number of carbonyl (C=O) groups excluding carboxylic acids is 3. The zero-order chi connectivity index (χ0) is 11.0. The number of alkyl halides is 2. The summed E-state index contributed by atoms with van der Waals surface area (Å²) in [4.78, 5) is 32.2. The number of rotatable bonds is 6. The normalized spacial score (nSPS) is 9.29. The van der Waals surface area contributed by atoms with E-state index in [-0.39, 0.29) is 22.1 Å². The number of ether oxygens (including phenoxy) is 2. The van der Waals surface area contributed by atoms with Crippen LogP contribution in [0.1, 0.15) is 0 Å². The molecule has 0 aromatic rings. The van der Waals surface area contributed by atoms with E-state index in [2.05, 4.69) is 9.47 Å². The van der Waals surface area contributed by atoms with Crippen molar-refractivity contribution in [3.05, 3.63) is 0 Å². The van der Waals surface area contributed by atoms with Gasteiger partial charge in [0.15, 0.2) is 13.2 Å². The van der Waals surface area contributed by atoms with Crippen molar-refractivity contribution in [3.8, 4) is 0 Å². The van der Waals surface area contributed by atoms with E-state index in [1.54, 1.807) is 0 Å². The third kappa shape index (κ3) is 7.47. The molecular formula is C7H8I2O5. The molecule has 0 spiro atoms. The van der Waals surface area contributed by atoms with E-state index in [0.717, 1.165) is 0 Å². The molecule has 0 aliphatic rings. The Morgan fingerprint density at radius 3 is 1.50 bits per heavy atom. The molecule has 0 heterocycles. The SMILES string of the molecule is O=C(COC(=O)CI)COC(=O)CI. The van der Waals surface area contributed by atoms with Gasteiger partial charge in [-0.15, -0.1) is 0 Å². The van der Waals surface area contributed by atoms with Gasteiger partial charge in [-0.25, -0.2) is 0 Å². The van der Waals surface area contributed by atoms with Crippen LogP contribution in [0.25, 0.3) is 0 Å². The Morgan fingerprint density at radius 2 is 1.21 bits per heavy atom. The second kappa shape index (κ2) is 8.38. The van der Waals surface area contributed by atoms with E-state index in [0.29, 0.717) is 0 Å². The van der Waals surface area contributed by atoms with E-state index >= 15 is 0 Å². The molecule has 0 aliphatic carbocycles. The summed E-state index contributed by atoms with van der Waals surface area (Å²) < 4.78 is 9.45. The fourth-order valence-corrected chi connectivity index (χ4v) is 0.881. The van der Waals surface area contributed by atoms with Crippen molar-refractivity contribution in [2.45, 2.75) is 0 Å². The number of Topliss-reactive ketones (excluding diaryl/α,β-unsaturated/α-hetero) is 1. The van der Waals surface area contributed by atoms with Crippen LogP contribution in [0.3, 0.4) is 0 Å². The van der Waals surface area contributed by atoms with Crippen molar-refractivity contribution in [2.24, 2.45) is 0 Å². The van der Waals surface area contributed by atoms with Gasteiger partial charge in [0.2, 0.25) is 5.78 Å². The molecule has 0 radical (unpaired) electrons. The highest BCUT2D eigenvalue weighted by Gasteiger charge is 2.08. The monoisotopic (exact) mass is 426 g/mol. The summed E-state index contributed by atoms with van der Waals surface area (Å²) in [6.45, 7) is -0.674. The van der Waals surface area contributed by atoms with Crippen LogP contribution in [-0.4, -0.2) is 39.8 Å². The summed E-state index contributed by atoms with van der Waals surface area (Å²) in [5, 5.41) is 0. The van der Waals surface area contributed by atoms with E-state index in [1.165, 1.54) is 0 Å². The standard InChI is InChI=1S/C7H8I2O5/c8-1-6(11)13-3-5(10)4-14-7(12)2-9/h1-4H2. The van der Waals surface area contributed by atoms with E-state index < -0.39 is 17.7 Å². The maximum Gasteiger partial charge on any atom is 0.316 e. The predicted octanol–water partition coefficient (Wildman–Crippen LogP) is 0.512. The lowest BCUT2D eigenvalue weighted by atomic mass is 10.4. The van der Waals surface area contributed by atoms with Crippen molar-refractivity contribution in [2.75, 3.05) is 22.1 Å². The summed E-state index contributed by atoms with van der Waals surface area (Å²) in [5.74, 6) is -1.35. The lowest BCUT2D eigenvalue weighted by Crippen LogP contribution is -2.21. The quantitative estimate of drug-likeness (QED) is 0.352. The van der Waals surface area contributed by atoms with Crippen molar-refractivity contribution in [1.82, 2.24) is 0 Å². The van der Waals surface area contributed by atoms with Crippen LogP contribution in [0.5, 0.6) is 0 Å². The minimum absolute atomic E-state index is 0.193. The predicted molar refractivity (Wildman–Crippen MR) is 64.7 cm³/mol. The Balaban J connectivity index is 3.56. The molecule has 0 N–H and O–H groups in total. The first-order chi connectivity index (χ1) is 6.60. The van der Waals surface area contributed by atoms with Gasteiger partial charge < -0.3 is 9.47 Å². The van der Waals surface area contributed by atoms with Crippen LogP contribution >= 0.6 is 45.2 Å². The highest BCUT2D eigenvalue weighted by atomic mass is 127. The van der Waals surface area contributed by atoms with Gasteiger partial charge in [0.25, 0.3) is 0 Å². The molecule has 0 fully saturated rings. The van der Waals surface area contributed by atoms with Crippen molar-refractivity contribution < 1.29 is 23.9 Å². The van der Waals surface area contributed by atoms with Crippen LogP contribution in [-0.2, 0) is 23.9 Å². The number of esters is 2. The summed E-state index contributed by atoms with van der Waals surface area (Å²) in [7, 11) is 0. The van der Waals surface area contributed by atoms with Crippen LogP contribution in [0.2, 0.25) is 0 Å². The molecule has 80 valence electrons. The number of ketones is 1. The van der Waals surface area contributed by atoms with Gasteiger partial charge in [0.1, 0.15) is 0 Å². The minimum Gasteiger partial charge on any atom is -0.457 e. The van der Waals surface area contributed by atoms with Crippen molar-refractivity contribution in [3.63, 3.8) is 0 Å². The van der Waals surface area contributed by atoms with Gasteiger partial charge in [0.05, 0.1) is 8.86 Å². The van der Waals surface area contributed by atoms with Crippen LogP contribution < -0.4 is 0 Å². The highest BCUT2D eigenvalue weighted by molar-refractivity contribution is 14.1. The molecule has 0 atom stereocenters. The third-order valence-corrected chi connectivity index (χ3v) is 2.25. The summed E-state index contributed by atoms with van der Waals surface area (Å²) in [6, 6.07) is 0. The molecule has 0 unspecified atom stereocenters. The molecule has 0 bridgehead atoms. The number of carbonyl (C=O) groups is 3. The number of hydrogen-bond acceptors (Lipinski definition) is 5. The highest BCUT2D eigenvalue weighted by Crippen LogP contribution is 1.90. The first-order valence-electron chi connectivity index (χ1n) is 3.55. The second-order valence-corrected chi connectivity index (χ2v) is 3.65. The van der Waals surface area contributed by atoms with Gasteiger partial charge in [-0.3, -0.25) is 14.4 Å². The van der Waals surface area contributed by atoms with Gasteiger partial charge in [-0.1, -0.05) is 45.2 Å². The fraction of sp³-hybridized carbons (Fsp3) is 0.571. The molecule has 0 aromatic heterocycles. The largest absolute Gasteiger partial charge is 0.457 e. The average molecular weight is 426 g/mol. The van der Waals surface area contributed by atoms with E-state index in [1.807, 2.05) is 45.2 Å². The Hall–Kier alpha value is 0.0700. The lowest BCUT2D eigenvalue weighted by molar-refractivity contribution is -0.150. The molecule has 0 amide bonds. The maximum absolute atomic E-state index is 10.9. The summed E-state index contributed by atoms with van der Waals surface area (Å²) >= 11 is 3.65. The lowest BCUT2D eigenvalue weighted by Gasteiger charge is -2.02. The first-order valence-corrected chi connectivity index (χ1v) is 6.60. The first kappa shape index (κ1) is 14.1. The minimum atomic E-state index is -0.459. The summed E-state index contributed by atoms with van der Waals surface area (Å²) in [5.41, 5.74) is 0. The topological polar surface area (TPSA) is 69.7 Å². The zero-order valence-corrected chi connectivity index (χ0v) is 11.4. The maximum atomic E-state index is 10.9. The molecule has 0 saturated heterocycles. The van der Waals surface area contributed by atoms with Crippen LogP contribution in [0.15, 0.2) is 0 Å². The van der Waals surface area contributed by atoms with Crippen LogP contribution in [0, 0.1) is 0 Å². The molecule has 14 heavy (non-hydrogen) atoms. The van der Waals surface area contributed by atoms with Gasteiger partial charge in [-0.2, -0.15) is 0 Å². The summed E-state index contributed by atoms with van der Waals surface area (Å²) in [6.07, 6.45) is 0. The zero-order valence-electron chi connectivity index (χ0n) is 7.13. The van der Waals surface area contributed by atoms with Crippen molar-refractivity contribution >= 4 is 62.9 Å². The van der Waals surface area contributed by atoms with Gasteiger partial charge in [-0.05, 0) is 0 Å². The molecule has 0 saturated carbocycles. The van der Waals surface area contributed by atoms with E-state index in [9.17, 15) is 14.4 Å². The molecule has 0 aromatic carbocycles. The molecule has 0 aliphatic heterocycles. The Kier molecular flexibility index (Phi) is 8.43. The van der Waals surface area contributed by atoms with Crippen LogP contribution in [0.4, 0.5) is 0 Å². The molecule has 0 rings (SSSR count). The Morgan fingerprint density at radius 1 is 0.857 bits per heavy atom.